The lowest BCUT2D eigenvalue weighted by molar-refractivity contribution is -0.128. The van der Waals surface area contributed by atoms with Gasteiger partial charge >= 0.3 is 5.69 Å². The second-order valence-electron chi connectivity index (χ2n) is 6.42. The van der Waals surface area contributed by atoms with Crippen LogP contribution in [-0.4, -0.2) is 57.5 Å². The van der Waals surface area contributed by atoms with Gasteiger partial charge in [0.05, 0.1) is 11.4 Å². The first-order valence-corrected chi connectivity index (χ1v) is 10.1. The Morgan fingerprint density at radius 2 is 2.00 bits per heavy atom. The molecule has 2 aromatic rings. The van der Waals surface area contributed by atoms with Gasteiger partial charge in [0.2, 0.25) is 5.91 Å². The number of amides is 1. The molecular weight excluding hydrogens is 369 g/mol. The molecule has 3 rings (SSSR count). The van der Waals surface area contributed by atoms with Crippen LogP contribution in [0.3, 0.4) is 0 Å². The van der Waals surface area contributed by atoms with Crippen LogP contribution in [0.5, 0.6) is 0 Å². The van der Waals surface area contributed by atoms with Crippen LogP contribution < -0.4 is 10.6 Å². The molecular formula is C18H24FN5O2S. The van der Waals surface area contributed by atoms with Crippen LogP contribution in [0.1, 0.15) is 19.8 Å². The van der Waals surface area contributed by atoms with Crippen molar-refractivity contribution in [1.82, 2.24) is 19.7 Å². The lowest BCUT2D eigenvalue weighted by Gasteiger charge is -2.36. The van der Waals surface area contributed by atoms with Gasteiger partial charge in [0.1, 0.15) is 5.82 Å². The molecule has 0 atom stereocenters. The number of piperazine rings is 1. The fourth-order valence-electron chi connectivity index (χ4n) is 3.05. The minimum Gasteiger partial charge on any atom is -0.366 e. The third kappa shape index (κ3) is 4.71. The molecule has 2 heterocycles. The fourth-order valence-corrected chi connectivity index (χ4v) is 3.92. The van der Waals surface area contributed by atoms with Crippen molar-refractivity contribution in [3.63, 3.8) is 0 Å². The van der Waals surface area contributed by atoms with E-state index in [1.165, 1.54) is 17.8 Å². The van der Waals surface area contributed by atoms with E-state index in [1.807, 2.05) is 11.0 Å². The summed E-state index contributed by atoms with van der Waals surface area (Å²) >= 11 is 1.28. The summed E-state index contributed by atoms with van der Waals surface area (Å²) in [5.41, 5.74) is 0.340. The number of aromatic nitrogens is 3. The Labute approximate surface area is 161 Å². The number of hydrogen-bond acceptors (Lipinski definition) is 5. The van der Waals surface area contributed by atoms with Gasteiger partial charge in [-0.05, 0) is 18.6 Å². The molecule has 1 aromatic carbocycles. The molecule has 0 bridgehead atoms. The predicted molar refractivity (Wildman–Crippen MR) is 104 cm³/mol. The molecule has 0 saturated carbocycles. The number of thioether (sulfide) groups is 1. The highest BCUT2D eigenvalue weighted by Crippen LogP contribution is 2.21. The highest BCUT2D eigenvalue weighted by molar-refractivity contribution is 7.99. The fraction of sp³-hybridized carbons (Fsp3) is 0.500. The summed E-state index contributed by atoms with van der Waals surface area (Å²) in [6, 6.07) is 6.70. The van der Waals surface area contributed by atoms with E-state index >= 15 is 0 Å². The Morgan fingerprint density at radius 1 is 1.26 bits per heavy atom. The molecule has 1 saturated heterocycles. The zero-order valence-electron chi connectivity index (χ0n) is 15.4. The van der Waals surface area contributed by atoms with Crippen molar-refractivity contribution in [2.24, 2.45) is 0 Å². The van der Waals surface area contributed by atoms with Crippen LogP contribution in [0.4, 0.5) is 10.1 Å². The molecule has 1 fully saturated rings. The number of unbranched alkanes of at least 4 members (excludes halogenated alkanes) is 1. The van der Waals surface area contributed by atoms with Crippen molar-refractivity contribution in [1.29, 1.82) is 0 Å². The lowest BCUT2D eigenvalue weighted by Crippen LogP contribution is -2.49. The lowest BCUT2D eigenvalue weighted by atomic mass is 10.2. The van der Waals surface area contributed by atoms with Gasteiger partial charge in [-0.2, -0.15) is 0 Å². The van der Waals surface area contributed by atoms with E-state index in [-0.39, 0.29) is 23.2 Å². The highest BCUT2D eigenvalue weighted by Gasteiger charge is 2.23. The molecule has 0 aliphatic carbocycles. The zero-order chi connectivity index (χ0) is 19.2. The Balaban J connectivity index is 1.52. The van der Waals surface area contributed by atoms with Crippen LogP contribution in [0.25, 0.3) is 0 Å². The number of para-hydroxylation sites is 1. The van der Waals surface area contributed by atoms with Crippen molar-refractivity contribution >= 4 is 23.4 Å². The van der Waals surface area contributed by atoms with E-state index in [0.29, 0.717) is 43.6 Å². The van der Waals surface area contributed by atoms with Gasteiger partial charge in [-0.25, -0.2) is 14.3 Å². The second-order valence-corrected chi connectivity index (χ2v) is 7.37. The summed E-state index contributed by atoms with van der Waals surface area (Å²) in [5, 5.41) is 7.01. The summed E-state index contributed by atoms with van der Waals surface area (Å²) in [6.45, 7) is 4.96. The van der Waals surface area contributed by atoms with E-state index < -0.39 is 0 Å². The predicted octanol–water partition coefficient (Wildman–Crippen LogP) is 1.95. The summed E-state index contributed by atoms with van der Waals surface area (Å²) < 4.78 is 15.5. The number of carbonyl (C=O) groups is 1. The molecule has 146 valence electrons. The minimum absolute atomic E-state index is 0.00525. The van der Waals surface area contributed by atoms with Crippen molar-refractivity contribution in [3.05, 3.63) is 40.6 Å². The monoisotopic (exact) mass is 393 g/mol. The highest BCUT2D eigenvalue weighted by atomic mass is 32.2. The number of H-pyrrole nitrogens is 1. The first-order valence-electron chi connectivity index (χ1n) is 9.15. The van der Waals surface area contributed by atoms with E-state index in [9.17, 15) is 14.0 Å². The second kappa shape index (κ2) is 9.07. The molecule has 0 unspecified atom stereocenters. The standard InChI is InChI=1S/C18H24FN5O2S/c1-2-3-8-24-17(26)20-21-18(24)27-13-16(25)23-11-9-22(10-12-23)15-7-5-4-6-14(15)19/h4-7H,2-3,8-13H2,1H3,(H,20,26). The van der Waals surface area contributed by atoms with E-state index in [0.717, 1.165) is 12.8 Å². The van der Waals surface area contributed by atoms with Crippen molar-refractivity contribution < 1.29 is 9.18 Å². The van der Waals surface area contributed by atoms with E-state index in [4.69, 9.17) is 0 Å². The van der Waals surface area contributed by atoms with Crippen LogP contribution >= 0.6 is 11.8 Å². The summed E-state index contributed by atoms with van der Waals surface area (Å²) in [4.78, 5) is 28.0. The van der Waals surface area contributed by atoms with Gasteiger partial charge in [-0.15, -0.1) is 5.10 Å². The maximum Gasteiger partial charge on any atom is 0.343 e. The number of anilines is 1. The number of carbonyl (C=O) groups excluding carboxylic acids is 1. The number of halogens is 1. The summed E-state index contributed by atoms with van der Waals surface area (Å²) in [6.07, 6.45) is 1.87. The molecule has 27 heavy (non-hydrogen) atoms. The molecule has 1 aromatic heterocycles. The van der Waals surface area contributed by atoms with Gasteiger partial charge < -0.3 is 9.80 Å². The first kappa shape index (κ1) is 19.5. The molecule has 1 N–H and O–H groups in total. The average Bonchev–Trinajstić information content (AvgIpc) is 3.04. The third-order valence-corrected chi connectivity index (χ3v) is 5.57. The number of nitrogens with zero attached hydrogens (tertiary/aromatic N) is 4. The number of rotatable bonds is 7. The quantitative estimate of drug-likeness (QED) is 0.728. The van der Waals surface area contributed by atoms with E-state index in [2.05, 4.69) is 17.1 Å². The van der Waals surface area contributed by atoms with Gasteiger partial charge in [0, 0.05) is 32.7 Å². The molecule has 1 amide bonds. The minimum atomic E-state index is -0.239. The van der Waals surface area contributed by atoms with Gasteiger partial charge in [0.15, 0.2) is 5.16 Å². The summed E-state index contributed by atoms with van der Waals surface area (Å²) in [7, 11) is 0. The van der Waals surface area contributed by atoms with Crippen LogP contribution in [0.2, 0.25) is 0 Å². The van der Waals surface area contributed by atoms with Crippen molar-refractivity contribution in [2.75, 3.05) is 36.8 Å². The maximum atomic E-state index is 13.9. The maximum absolute atomic E-state index is 13.9. The third-order valence-electron chi connectivity index (χ3n) is 4.61. The van der Waals surface area contributed by atoms with Crippen molar-refractivity contribution in [2.45, 2.75) is 31.5 Å². The van der Waals surface area contributed by atoms with E-state index in [1.54, 1.807) is 21.6 Å². The number of nitrogens with one attached hydrogen (secondary N) is 1. The van der Waals surface area contributed by atoms with Crippen molar-refractivity contribution in [3.8, 4) is 0 Å². The Kier molecular flexibility index (Phi) is 6.54. The Morgan fingerprint density at radius 3 is 2.70 bits per heavy atom. The van der Waals surface area contributed by atoms with Gasteiger partial charge in [-0.1, -0.05) is 37.2 Å². The normalized spacial score (nSPS) is 14.6. The molecule has 7 nitrogen and oxygen atoms in total. The molecule has 0 radical (unpaired) electrons. The topological polar surface area (TPSA) is 74.2 Å². The van der Waals surface area contributed by atoms with Crippen LogP contribution in [0.15, 0.2) is 34.2 Å². The largest absolute Gasteiger partial charge is 0.366 e. The molecule has 1 aliphatic rings. The number of benzene rings is 1. The molecule has 9 heteroatoms. The van der Waals surface area contributed by atoms with Crippen LogP contribution in [0, 0.1) is 5.82 Å². The SMILES string of the molecule is CCCCn1c(SCC(=O)N2CCN(c3ccccc3F)CC2)n[nH]c1=O. The Hall–Kier alpha value is -2.29. The molecule has 1 aliphatic heterocycles. The van der Waals surface area contributed by atoms with Crippen LogP contribution in [-0.2, 0) is 11.3 Å². The zero-order valence-corrected chi connectivity index (χ0v) is 16.2. The van der Waals surface area contributed by atoms with Gasteiger partial charge in [0.25, 0.3) is 0 Å². The van der Waals surface area contributed by atoms with Gasteiger partial charge in [-0.3, -0.25) is 9.36 Å². The average molecular weight is 393 g/mol. The number of hydrogen-bond donors (Lipinski definition) is 1. The smallest absolute Gasteiger partial charge is 0.343 e. The molecule has 0 spiro atoms. The first-order chi connectivity index (χ1) is 13.1. The Bertz CT molecular complexity index is 829. The number of aromatic amines is 1. The summed E-state index contributed by atoms with van der Waals surface area (Å²) in [5.74, 6) is -0.00192.